The number of hydrogen-bond donors (Lipinski definition) is 4. The Hall–Kier alpha value is -1.97. The molecule has 1 fully saturated rings. The first-order chi connectivity index (χ1) is 10.9. The molecule has 9 nitrogen and oxygen atoms in total. The third kappa shape index (κ3) is 2.71. The summed E-state index contributed by atoms with van der Waals surface area (Å²) in [6.07, 6.45) is -0.0538. The molecule has 4 atom stereocenters. The van der Waals surface area contributed by atoms with Gasteiger partial charge in [-0.05, 0) is 18.0 Å². The molecule has 2 aromatic rings. The summed E-state index contributed by atoms with van der Waals surface area (Å²) in [4.78, 5) is 23.6. The lowest BCUT2D eigenvalue weighted by Crippen LogP contribution is -2.42. The second-order valence-corrected chi connectivity index (χ2v) is 5.85. The van der Waals surface area contributed by atoms with Gasteiger partial charge in [0, 0.05) is 6.42 Å². The van der Waals surface area contributed by atoms with Gasteiger partial charge in [0.2, 0.25) is 11.2 Å². The molecule has 0 spiro atoms. The first kappa shape index (κ1) is 15.9. The molecular weight excluding hydrogens is 324 g/mol. The summed E-state index contributed by atoms with van der Waals surface area (Å²) in [7, 11) is 0. The molecule has 2 aromatic heterocycles. The van der Waals surface area contributed by atoms with Crippen molar-refractivity contribution in [1.29, 1.82) is 0 Å². The Balaban J connectivity index is 1.94. The largest absolute Gasteiger partial charge is 0.388 e. The Labute approximate surface area is 136 Å². The first-order valence-electron chi connectivity index (χ1n) is 7.23. The van der Waals surface area contributed by atoms with Gasteiger partial charge in [-0.25, -0.2) is 4.98 Å². The Morgan fingerprint density at radius 3 is 2.91 bits per heavy atom. The molecule has 1 aliphatic carbocycles. The number of nitrogen functional groups attached to an aromatic ring is 1. The van der Waals surface area contributed by atoms with Crippen LogP contribution in [0.2, 0.25) is 5.28 Å². The Kier molecular flexibility index (Phi) is 4.09. The number of fused-ring (bicyclic) bond motifs is 1. The lowest BCUT2D eigenvalue weighted by atomic mass is 10.2. The van der Waals surface area contributed by atoms with Crippen LogP contribution in [-0.4, -0.2) is 53.9 Å². The highest BCUT2D eigenvalue weighted by Crippen LogP contribution is 2.33. The fourth-order valence-electron chi connectivity index (χ4n) is 2.89. The van der Waals surface area contributed by atoms with Gasteiger partial charge in [0.1, 0.15) is 17.7 Å². The van der Waals surface area contributed by atoms with Gasteiger partial charge in [-0.3, -0.25) is 4.79 Å². The highest BCUT2D eigenvalue weighted by Gasteiger charge is 2.43. The van der Waals surface area contributed by atoms with Gasteiger partial charge in [0.15, 0.2) is 11.5 Å². The second kappa shape index (κ2) is 5.91. The van der Waals surface area contributed by atoms with Crippen molar-refractivity contribution in [3.63, 3.8) is 0 Å². The van der Waals surface area contributed by atoms with E-state index in [1.54, 1.807) is 11.5 Å². The molecule has 124 valence electrons. The monoisotopic (exact) mass is 340 g/mol. The van der Waals surface area contributed by atoms with Crippen molar-refractivity contribution in [3.8, 4) is 0 Å². The molecule has 0 bridgehead atoms. The van der Waals surface area contributed by atoms with Gasteiger partial charge in [-0.2, -0.15) is 9.97 Å². The number of aliphatic hydroxyl groups is 2. The number of carbonyl (C=O) groups excluding carboxylic acids is 1. The highest BCUT2D eigenvalue weighted by atomic mass is 35.5. The van der Waals surface area contributed by atoms with E-state index in [1.807, 2.05) is 0 Å². The minimum Gasteiger partial charge on any atom is -0.388 e. The van der Waals surface area contributed by atoms with Crippen LogP contribution in [0.15, 0.2) is 6.33 Å². The molecular formula is C13H17ClN6O3. The van der Waals surface area contributed by atoms with Gasteiger partial charge in [-0.15, -0.1) is 0 Å². The van der Waals surface area contributed by atoms with Gasteiger partial charge in [0.05, 0.1) is 18.4 Å². The fourth-order valence-corrected chi connectivity index (χ4v) is 3.06. The molecule has 0 radical (unpaired) electrons. The molecule has 0 saturated heterocycles. The summed E-state index contributed by atoms with van der Waals surface area (Å²) >= 11 is 5.83. The maximum atomic E-state index is 11.5. The summed E-state index contributed by atoms with van der Waals surface area (Å²) in [6, 6.07) is -1.06. The van der Waals surface area contributed by atoms with E-state index in [0.29, 0.717) is 24.0 Å². The number of carbonyl (C=O) groups is 1. The molecule has 0 unspecified atom stereocenters. The van der Waals surface area contributed by atoms with Crippen molar-refractivity contribution >= 4 is 34.5 Å². The maximum absolute atomic E-state index is 11.5. The van der Waals surface area contributed by atoms with Gasteiger partial charge in [0.25, 0.3) is 0 Å². The number of anilines is 1. The molecule has 23 heavy (non-hydrogen) atoms. The summed E-state index contributed by atoms with van der Waals surface area (Å²) < 4.78 is 1.60. The normalized spacial score (nSPS) is 27.5. The number of nitrogens with zero attached hydrogens (tertiary/aromatic N) is 4. The molecule has 5 N–H and O–H groups in total. The molecule has 3 rings (SSSR count). The summed E-state index contributed by atoms with van der Waals surface area (Å²) in [5.41, 5.74) is 6.51. The van der Waals surface area contributed by atoms with Crippen LogP contribution in [0.4, 0.5) is 5.82 Å². The van der Waals surface area contributed by atoms with Crippen molar-refractivity contribution in [1.82, 2.24) is 24.8 Å². The topological polar surface area (TPSA) is 139 Å². The number of halogens is 1. The Morgan fingerprint density at radius 1 is 1.48 bits per heavy atom. The van der Waals surface area contributed by atoms with Crippen LogP contribution in [0.5, 0.6) is 0 Å². The zero-order chi connectivity index (χ0) is 16.7. The van der Waals surface area contributed by atoms with Gasteiger partial charge in [-0.1, -0.05) is 6.92 Å². The van der Waals surface area contributed by atoms with E-state index >= 15 is 0 Å². The van der Waals surface area contributed by atoms with Crippen LogP contribution < -0.4 is 11.1 Å². The number of hydrogen-bond acceptors (Lipinski definition) is 7. The van der Waals surface area contributed by atoms with Crippen LogP contribution in [-0.2, 0) is 4.79 Å². The van der Waals surface area contributed by atoms with E-state index in [-0.39, 0.29) is 17.0 Å². The third-order valence-corrected chi connectivity index (χ3v) is 4.27. The average molecular weight is 341 g/mol. The predicted octanol–water partition coefficient (Wildman–Crippen LogP) is -0.377. The van der Waals surface area contributed by atoms with Crippen molar-refractivity contribution in [3.05, 3.63) is 11.6 Å². The minimum atomic E-state index is -1.08. The van der Waals surface area contributed by atoms with Crippen LogP contribution >= 0.6 is 11.6 Å². The molecule has 1 saturated carbocycles. The van der Waals surface area contributed by atoms with E-state index in [2.05, 4.69) is 20.3 Å². The van der Waals surface area contributed by atoms with E-state index in [4.69, 9.17) is 17.3 Å². The standard InChI is InChI=1S/C13H17ClN6O3/c1-2-7(21)17-5-3-6(10(23)9(5)22)20-4-16-8-11(15)18-13(14)19-12(8)20/h4-6,9-10,22-23H,2-3H2,1H3,(H,17,21)(H2,15,18,19)/t5-,6+,9+,10-/m0/s1. The van der Waals surface area contributed by atoms with Gasteiger partial charge >= 0.3 is 0 Å². The predicted molar refractivity (Wildman–Crippen MR) is 82.6 cm³/mol. The summed E-state index contributed by atoms with van der Waals surface area (Å²) in [6.45, 7) is 1.72. The summed E-state index contributed by atoms with van der Waals surface area (Å²) in [5.74, 6) is -0.0466. The molecule has 1 amide bonds. The number of nitrogens with one attached hydrogen (secondary N) is 1. The maximum Gasteiger partial charge on any atom is 0.226 e. The van der Waals surface area contributed by atoms with Crippen LogP contribution in [0.3, 0.4) is 0 Å². The van der Waals surface area contributed by atoms with E-state index in [1.165, 1.54) is 6.33 Å². The van der Waals surface area contributed by atoms with Crippen LogP contribution in [0.1, 0.15) is 25.8 Å². The minimum absolute atomic E-state index is 0.0272. The average Bonchev–Trinajstić information content (AvgIpc) is 3.03. The second-order valence-electron chi connectivity index (χ2n) is 5.51. The van der Waals surface area contributed by atoms with Crippen molar-refractivity contribution in [2.75, 3.05) is 5.73 Å². The molecule has 1 aliphatic rings. The smallest absolute Gasteiger partial charge is 0.226 e. The number of imidazole rings is 1. The Bertz CT molecular complexity index is 751. The van der Waals surface area contributed by atoms with E-state index in [9.17, 15) is 15.0 Å². The highest BCUT2D eigenvalue weighted by molar-refractivity contribution is 6.28. The fraction of sp³-hybridized carbons (Fsp3) is 0.538. The van der Waals surface area contributed by atoms with Crippen LogP contribution in [0.25, 0.3) is 11.2 Å². The number of rotatable bonds is 3. The van der Waals surface area contributed by atoms with Crippen molar-refractivity contribution in [2.45, 2.75) is 44.1 Å². The van der Waals surface area contributed by atoms with Crippen molar-refractivity contribution in [2.24, 2.45) is 0 Å². The van der Waals surface area contributed by atoms with Crippen molar-refractivity contribution < 1.29 is 15.0 Å². The zero-order valence-corrected chi connectivity index (χ0v) is 13.1. The first-order valence-corrected chi connectivity index (χ1v) is 7.61. The summed E-state index contributed by atoms with van der Waals surface area (Å²) in [5, 5.41) is 23.2. The number of amides is 1. The SMILES string of the molecule is CCC(=O)N[C@H]1C[C@@H](n2cnc3c(N)nc(Cl)nc32)[C@H](O)[C@@H]1O. The number of aromatic nitrogens is 4. The van der Waals surface area contributed by atoms with E-state index < -0.39 is 24.3 Å². The molecule has 0 aliphatic heterocycles. The van der Waals surface area contributed by atoms with Gasteiger partial charge < -0.3 is 25.8 Å². The molecule has 2 heterocycles. The number of aliphatic hydroxyl groups excluding tert-OH is 2. The lowest BCUT2D eigenvalue weighted by molar-refractivity contribution is -0.122. The molecule has 0 aromatic carbocycles. The Morgan fingerprint density at radius 2 is 2.22 bits per heavy atom. The van der Waals surface area contributed by atoms with Crippen LogP contribution in [0, 0.1) is 0 Å². The van der Waals surface area contributed by atoms with E-state index in [0.717, 1.165) is 0 Å². The zero-order valence-electron chi connectivity index (χ0n) is 12.3. The quantitative estimate of drug-likeness (QED) is 0.558. The number of nitrogens with two attached hydrogens (primary N) is 1. The molecule has 10 heteroatoms. The third-order valence-electron chi connectivity index (χ3n) is 4.10. The lowest BCUT2D eigenvalue weighted by Gasteiger charge is -2.18.